The number of aryl methyl sites for hydroxylation is 1. The van der Waals surface area contributed by atoms with Gasteiger partial charge in [0.25, 0.3) is 0 Å². The lowest BCUT2D eigenvalue weighted by molar-refractivity contribution is -0.149. The van der Waals surface area contributed by atoms with E-state index in [1.807, 2.05) is 0 Å². The minimum atomic E-state index is -0.537. The van der Waals surface area contributed by atoms with Gasteiger partial charge < -0.3 is 4.74 Å². The lowest BCUT2D eigenvalue weighted by Gasteiger charge is -2.38. The van der Waals surface area contributed by atoms with Gasteiger partial charge >= 0.3 is 5.97 Å². The van der Waals surface area contributed by atoms with Gasteiger partial charge in [0.05, 0.1) is 7.11 Å². The standard InChI is InChI=1S/C17H22BrNO2/c1-21-16(20)17(19-15-4-2-3-5-15)9-8-12-10-14(18)7-6-13(12)11-17/h6-7,10,15,19H,2-5,8-9,11H2,1H3. The van der Waals surface area contributed by atoms with Gasteiger partial charge in [-0.25, -0.2) is 0 Å². The molecule has 21 heavy (non-hydrogen) atoms. The lowest BCUT2D eigenvalue weighted by atomic mass is 9.77. The summed E-state index contributed by atoms with van der Waals surface area (Å²) in [5.41, 5.74) is 2.07. The molecule has 2 aliphatic carbocycles. The minimum absolute atomic E-state index is 0.108. The molecule has 1 fully saturated rings. The molecular formula is C17H22BrNO2. The zero-order valence-corrected chi connectivity index (χ0v) is 14.0. The van der Waals surface area contributed by atoms with Crippen LogP contribution in [0.2, 0.25) is 0 Å². The molecule has 1 saturated carbocycles. The zero-order valence-electron chi connectivity index (χ0n) is 12.5. The molecule has 1 N–H and O–H groups in total. The van der Waals surface area contributed by atoms with E-state index < -0.39 is 5.54 Å². The number of carbonyl (C=O) groups is 1. The summed E-state index contributed by atoms with van der Waals surface area (Å²) in [4.78, 5) is 12.5. The van der Waals surface area contributed by atoms with E-state index in [1.54, 1.807) is 0 Å². The third kappa shape index (κ3) is 3.02. The van der Waals surface area contributed by atoms with Gasteiger partial charge in [-0.1, -0.05) is 34.8 Å². The number of carbonyl (C=O) groups excluding carboxylic acids is 1. The van der Waals surface area contributed by atoms with Crippen LogP contribution in [-0.4, -0.2) is 24.7 Å². The summed E-state index contributed by atoms with van der Waals surface area (Å²) in [7, 11) is 1.50. The SMILES string of the molecule is COC(=O)C1(NC2CCCC2)CCc2cc(Br)ccc2C1. The molecule has 0 bridgehead atoms. The Balaban J connectivity index is 1.87. The number of rotatable bonds is 3. The number of halogens is 1. The van der Waals surface area contributed by atoms with Crippen LogP contribution in [0.4, 0.5) is 0 Å². The van der Waals surface area contributed by atoms with Crippen LogP contribution in [0.15, 0.2) is 22.7 Å². The second kappa shape index (κ2) is 6.09. The predicted octanol–water partition coefficient (Wildman–Crippen LogP) is 3.38. The smallest absolute Gasteiger partial charge is 0.326 e. The molecule has 1 unspecified atom stereocenters. The second-order valence-corrected chi connectivity index (χ2v) is 7.20. The Morgan fingerprint density at radius 1 is 1.33 bits per heavy atom. The van der Waals surface area contributed by atoms with Crippen LogP contribution in [0.25, 0.3) is 0 Å². The third-order valence-electron chi connectivity index (χ3n) is 4.89. The number of ether oxygens (including phenoxy) is 1. The zero-order chi connectivity index (χ0) is 14.9. The van der Waals surface area contributed by atoms with Crippen LogP contribution in [0, 0.1) is 0 Å². The second-order valence-electron chi connectivity index (χ2n) is 6.29. The monoisotopic (exact) mass is 351 g/mol. The van der Waals surface area contributed by atoms with Crippen LogP contribution in [0.1, 0.15) is 43.2 Å². The fourth-order valence-electron chi connectivity index (χ4n) is 3.77. The number of fused-ring (bicyclic) bond motifs is 1. The summed E-state index contributed by atoms with van der Waals surface area (Å²) in [5.74, 6) is -0.108. The van der Waals surface area contributed by atoms with Crippen LogP contribution >= 0.6 is 15.9 Å². The highest BCUT2D eigenvalue weighted by molar-refractivity contribution is 9.10. The molecule has 0 amide bonds. The van der Waals surface area contributed by atoms with E-state index in [2.05, 4.69) is 39.4 Å². The summed E-state index contributed by atoms with van der Waals surface area (Å²) in [6.07, 6.45) is 7.34. The molecular weight excluding hydrogens is 330 g/mol. The molecule has 0 radical (unpaired) electrons. The van der Waals surface area contributed by atoms with Gasteiger partial charge in [0.15, 0.2) is 0 Å². The molecule has 0 aromatic heterocycles. The van der Waals surface area contributed by atoms with Crippen LogP contribution in [-0.2, 0) is 22.4 Å². The highest BCUT2D eigenvalue weighted by Gasteiger charge is 2.43. The third-order valence-corrected chi connectivity index (χ3v) is 5.39. The Morgan fingerprint density at radius 2 is 2.10 bits per heavy atom. The van der Waals surface area contributed by atoms with E-state index in [0.29, 0.717) is 6.04 Å². The highest BCUT2D eigenvalue weighted by Crippen LogP contribution is 2.33. The van der Waals surface area contributed by atoms with E-state index >= 15 is 0 Å². The van der Waals surface area contributed by atoms with E-state index in [9.17, 15) is 4.79 Å². The number of benzene rings is 1. The van der Waals surface area contributed by atoms with Crippen molar-refractivity contribution in [2.24, 2.45) is 0 Å². The summed E-state index contributed by atoms with van der Waals surface area (Å²) < 4.78 is 6.24. The van der Waals surface area contributed by atoms with Gasteiger partial charge in [-0.15, -0.1) is 0 Å². The van der Waals surface area contributed by atoms with Crippen molar-refractivity contribution in [3.8, 4) is 0 Å². The highest BCUT2D eigenvalue weighted by atomic mass is 79.9. The van der Waals surface area contributed by atoms with Crippen molar-refractivity contribution >= 4 is 21.9 Å². The normalized spacial score (nSPS) is 25.6. The van der Waals surface area contributed by atoms with E-state index in [0.717, 1.165) is 23.7 Å². The Kier molecular flexibility index (Phi) is 4.36. The van der Waals surface area contributed by atoms with Crippen molar-refractivity contribution in [2.45, 2.75) is 56.5 Å². The average molecular weight is 352 g/mol. The Bertz CT molecular complexity index is 540. The summed E-state index contributed by atoms with van der Waals surface area (Å²) in [6, 6.07) is 6.82. The van der Waals surface area contributed by atoms with Gasteiger partial charge in [-0.3, -0.25) is 10.1 Å². The topological polar surface area (TPSA) is 38.3 Å². The molecule has 1 aromatic rings. The quantitative estimate of drug-likeness (QED) is 0.848. The Hall–Kier alpha value is -0.870. The average Bonchev–Trinajstić information content (AvgIpc) is 2.99. The first-order chi connectivity index (χ1) is 10.1. The van der Waals surface area contributed by atoms with Crippen molar-refractivity contribution in [2.75, 3.05) is 7.11 Å². The summed E-state index contributed by atoms with van der Waals surface area (Å²) in [5, 5.41) is 3.65. The first-order valence-corrected chi connectivity index (χ1v) is 8.56. The molecule has 1 aromatic carbocycles. The van der Waals surface area contributed by atoms with Gasteiger partial charge in [0.1, 0.15) is 5.54 Å². The molecule has 2 aliphatic rings. The number of methoxy groups -OCH3 is 1. The van der Waals surface area contributed by atoms with Crippen molar-refractivity contribution in [3.05, 3.63) is 33.8 Å². The Labute approximate surface area is 134 Å². The van der Waals surface area contributed by atoms with Crippen molar-refractivity contribution < 1.29 is 9.53 Å². The van der Waals surface area contributed by atoms with Crippen LogP contribution < -0.4 is 5.32 Å². The molecule has 0 saturated heterocycles. The van der Waals surface area contributed by atoms with Crippen molar-refractivity contribution in [1.29, 1.82) is 0 Å². The molecule has 0 spiro atoms. The maximum Gasteiger partial charge on any atom is 0.326 e. The molecule has 3 rings (SSSR count). The van der Waals surface area contributed by atoms with Crippen molar-refractivity contribution in [1.82, 2.24) is 5.32 Å². The van der Waals surface area contributed by atoms with Crippen molar-refractivity contribution in [3.63, 3.8) is 0 Å². The fourth-order valence-corrected chi connectivity index (χ4v) is 4.18. The summed E-state index contributed by atoms with van der Waals surface area (Å²) >= 11 is 3.53. The number of nitrogens with one attached hydrogen (secondary N) is 1. The van der Waals surface area contributed by atoms with Crippen LogP contribution in [0.3, 0.4) is 0 Å². The largest absolute Gasteiger partial charge is 0.468 e. The van der Waals surface area contributed by atoms with Gasteiger partial charge in [-0.05, 0) is 48.9 Å². The summed E-state index contributed by atoms with van der Waals surface area (Å²) in [6.45, 7) is 0. The minimum Gasteiger partial charge on any atom is -0.468 e. The van der Waals surface area contributed by atoms with Gasteiger partial charge in [0, 0.05) is 16.9 Å². The maximum absolute atomic E-state index is 12.5. The first-order valence-electron chi connectivity index (χ1n) is 7.76. The van der Waals surface area contributed by atoms with E-state index in [1.165, 1.54) is 43.9 Å². The molecule has 4 heteroatoms. The molecule has 1 atom stereocenters. The van der Waals surface area contributed by atoms with Crippen LogP contribution in [0.5, 0.6) is 0 Å². The lowest BCUT2D eigenvalue weighted by Crippen LogP contribution is -2.59. The number of hydrogen-bond acceptors (Lipinski definition) is 3. The van der Waals surface area contributed by atoms with Gasteiger partial charge in [-0.2, -0.15) is 0 Å². The van der Waals surface area contributed by atoms with Gasteiger partial charge in [0.2, 0.25) is 0 Å². The Morgan fingerprint density at radius 3 is 2.81 bits per heavy atom. The van der Waals surface area contributed by atoms with E-state index in [4.69, 9.17) is 4.74 Å². The predicted molar refractivity (Wildman–Crippen MR) is 86.3 cm³/mol. The first kappa shape index (κ1) is 15.0. The molecule has 114 valence electrons. The fraction of sp³-hybridized carbons (Fsp3) is 0.588. The molecule has 0 aliphatic heterocycles. The van der Waals surface area contributed by atoms with E-state index in [-0.39, 0.29) is 5.97 Å². The molecule has 3 nitrogen and oxygen atoms in total. The molecule has 0 heterocycles. The number of hydrogen-bond donors (Lipinski definition) is 1. The maximum atomic E-state index is 12.5. The number of esters is 1.